The van der Waals surface area contributed by atoms with E-state index in [-0.39, 0.29) is 39.2 Å². The largest absolute Gasteiger partial charge is 0.494 e. The molecule has 1 amide bonds. The number of amides is 1. The van der Waals surface area contributed by atoms with E-state index >= 15 is 8.78 Å². The van der Waals surface area contributed by atoms with Gasteiger partial charge in [-0.3, -0.25) is 14.8 Å². The molecule has 0 saturated carbocycles. The van der Waals surface area contributed by atoms with Crippen molar-refractivity contribution < 1.29 is 23.0 Å². The molecule has 8 nitrogen and oxygen atoms in total. The first kappa shape index (κ1) is 24.1. The molecule has 0 radical (unpaired) electrons. The number of benzene rings is 2. The highest BCUT2D eigenvalue weighted by atomic mass is 19.1. The zero-order valence-corrected chi connectivity index (χ0v) is 19.8. The van der Waals surface area contributed by atoms with Gasteiger partial charge in [-0.1, -0.05) is 6.07 Å². The van der Waals surface area contributed by atoms with Gasteiger partial charge in [-0.25, -0.2) is 8.78 Å². The fraction of sp³-hybridized carbons (Fsp3) is 0.240. The van der Waals surface area contributed by atoms with Gasteiger partial charge in [0.1, 0.15) is 5.52 Å². The summed E-state index contributed by atoms with van der Waals surface area (Å²) in [5.41, 5.74) is 0.938. The van der Waals surface area contributed by atoms with Crippen LogP contribution in [0.2, 0.25) is 0 Å². The topological polar surface area (TPSA) is 81.5 Å². The van der Waals surface area contributed by atoms with Gasteiger partial charge in [0, 0.05) is 49.5 Å². The first-order chi connectivity index (χ1) is 16.8. The third-order valence-electron chi connectivity index (χ3n) is 5.53. The van der Waals surface area contributed by atoms with E-state index in [9.17, 15) is 4.79 Å². The highest BCUT2D eigenvalue weighted by Crippen LogP contribution is 2.40. The molecule has 0 fully saturated rings. The molecule has 182 valence electrons. The smallest absolute Gasteiger partial charge is 0.257 e. The van der Waals surface area contributed by atoms with Gasteiger partial charge < -0.3 is 24.3 Å². The number of likely N-dealkylation sites (N-methyl/N-ethyl adjacent to an activating group) is 1. The van der Waals surface area contributed by atoms with E-state index in [1.165, 1.54) is 38.7 Å². The van der Waals surface area contributed by atoms with Crippen LogP contribution in [0.5, 0.6) is 11.5 Å². The monoisotopic (exact) mass is 481 g/mol. The highest BCUT2D eigenvalue weighted by molar-refractivity contribution is 6.13. The number of anilines is 1. The van der Waals surface area contributed by atoms with Crippen LogP contribution >= 0.6 is 0 Å². The number of methoxy groups -OCH3 is 2. The number of rotatable bonds is 8. The van der Waals surface area contributed by atoms with Crippen molar-refractivity contribution >= 4 is 22.6 Å². The Bertz CT molecular complexity index is 1360. The summed E-state index contributed by atoms with van der Waals surface area (Å²) in [6.45, 7) is 1.62. The van der Waals surface area contributed by atoms with Crippen LogP contribution in [-0.4, -0.2) is 60.2 Å². The Morgan fingerprint density at radius 1 is 1.03 bits per heavy atom. The molecule has 2 aromatic heterocycles. The summed E-state index contributed by atoms with van der Waals surface area (Å²) in [7, 11) is 6.53. The van der Waals surface area contributed by atoms with Crippen LogP contribution in [0.15, 0.2) is 49.1 Å². The van der Waals surface area contributed by atoms with Gasteiger partial charge in [-0.15, -0.1) is 0 Å². The lowest BCUT2D eigenvalue weighted by Gasteiger charge is -2.15. The quantitative estimate of drug-likeness (QED) is 0.406. The Morgan fingerprint density at radius 2 is 1.69 bits per heavy atom. The predicted octanol–water partition coefficient (Wildman–Crippen LogP) is 4.21. The summed E-state index contributed by atoms with van der Waals surface area (Å²) in [5.74, 6) is -2.61. The molecule has 0 saturated heterocycles. The molecule has 0 atom stereocenters. The number of carbonyl (C=O) groups excluding carboxylic acids is 1. The second kappa shape index (κ2) is 10.1. The molecule has 4 aromatic rings. The minimum Gasteiger partial charge on any atom is -0.494 e. The van der Waals surface area contributed by atoms with Crippen molar-refractivity contribution in [2.45, 2.75) is 6.54 Å². The molecule has 0 aliphatic heterocycles. The average molecular weight is 482 g/mol. The first-order valence-corrected chi connectivity index (χ1v) is 10.8. The van der Waals surface area contributed by atoms with E-state index in [2.05, 4.69) is 20.2 Å². The number of hydrogen-bond donors (Lipinski definition) is 1. The number of carbonyl (C=O) groups is 1. The van der Waals surface area contributed by atoms with E-state index in [1.807, 2.05) is 31.1 Å². The fourth-order valence-corrected chi connectivity index (χ4v) is 3.73. The summed E-state index contributed by atoms with van der Waals surface area (Å²) in [6, 6.07) is 5.84. The molecule has 1 N–H and O–H groups in total. The van der Waals surface area contributed by atoms with Crippen LogP contribution in [0.3, 0.4) is 0 Å². The van der Waals surface area contributed by atoms with E-state index < -0.39 is 17.5 Å². The molecule has 0 spiro atoms. The van der Waals surface area contributed by atoms with Crippen molar-refractivity contribution in [1.82, 2.24) is 19.4 Å². The lowest BCUT2D eigenvalue weighted by Crippen LogP contribution is -2.17. The maximum absolute atomic E-state index is 15.2. The fourth-order valence-electron chi connectivity index (χ4n) is 3.73. The lowest BCUT2D eigenvalue weighted by atomic mass is 9.98. The average Bonchev–Trinajstić information content (AvgIpc) is 3.30. The van der Waals surface area contributed by atoms with Crippen LogP contribution in [0.1, 0.15) is 10.4 Å². The lowest BCUT2D eigenvalue weighted by molar-refractivity contribution is 0.102. The van der Waals surface area contributed by atoms with Gasteiger partial charge in [-0.2, -0.15) is 0 Å². The van der Waals surface area contributed by atoms with Crippen molar-refractivity contribution in [1.29, 1.82) is 0 Å². The standard InChI is InChI=1S/C25H25F2N5O3/c1-31(2)11-12-32-10-7-15(14-32)30-25(33)17-6-5-16(23-24(17)29-9-8-28-23)20-21(26)18(34-3)13-19(35-4)22(20)27/h5-10,13-14H,11-12H2,1-4H3,(H,30,33). The second-order valence-electron chi connectivity index (χ2n) is 8.09. The van der Waals surface area contributed by atoms with E-state index in [4.69, 9.17) is 9.47 Å². The Kier molecular flexibility index (Phi) is 6.92. The minimum atomic E-state index is -0.908. The maximum atomic E-state index is 15.2. The number of nitrogens with one attached hydrogen (secondary N) is 1. The third kappa shape index (κ3) is 4.78. The Morgan fingerprint density at radius 3 is 2.31 bits per heavy atom. The van der Waals surface area contributed by atoms with E-state index in [0.717, 1.165) is 19.2 Å². The number of aromatic nitrogens is 3. The van der Waals surface area contributed by atoms with Crippen LogP contribution < -0.4 is 14.8 Å². The molecule has 4 rings (SSSR count). The summed E-state index contributed by atoms with van der Waals surface area (Å²) >= 11 is 0. The van der Waals surface area contributed by atoms with Gasteiger partial charge >= 0.3 is 0 Å². The van der Waals surface area contributed by atoms with Crippen LogP contribution in [-0.2, 0) is 6.54 Å². The molecule has 0 aliphatic rings. The van der Waals surface area contributed by atoms with Gasteiger partial charge in [-0.05, 0) is 26.2 Å². The summed E-state index contributed by atoms with van der Waals surface area (Å²) in [4.78, 5) is 23.7. The SMILES string of the molecule is COc1cc(OC)c(F)c(-c2ccc(C(=O)Nc3ccn(CCN(C)C)c3)c3nccnc23)c1F. The highest BCUT2D eigenvalue weighted by Gasteiger charge is 2.25. The van der Waals surface area contributed by atoms with Crippen LogP contribution in [0.25, 0.3) is 22.2 Å². The molecule has 10 heteroatoms. The van der Waals surface area contributed by atoms with Crippen molar-refractivity contribution in [2.75, 3.05) is 40.2 Å². The van der Waals surface area contributed by atoms with E-state index in [0.29, 0.717) is 5.69 Å². The van der Waals surface area contributed by atoms with Crippen molar-refractivity contribution in [3.8, 4) is 22.6 Å². The summed E-state index contributed by atoms with van der Waals surface area (Å²) < 4.78 is 42.4. The summed E-state index contributed by atoms with van der Waals surface area (Å²) in [6.07, 6.45) is 6.52. The first-order valence-electron chi connectivity index (χ1n) is 10.8. The number of nitrogens with zero attached hydrogens (tertiary/aromatic N) is 4. The van der Waals surface area contributed by atoms with Gasteiger partial charge in [0.25, 0.3) is 5.91 Å². The molecule has 2 heterocycles. The molecule has 0 unspecified atom stereocenters. The van der Waals surface area contributed by atoms with Crippen molar-refractivity contribution in [3.05, 3.63) is 66.3 Å². The zero-order chi connectivity index (χ0) is 25.1. The van der Waals surface area contributed by atoms with Crippen molar-refractivity contribution in [3.63, 3.8) is 0 Å². The Labute approximate surface area is 201 Å². The number of halogens is 2. The predicted molar refractivity (Wildman–Crippen MR) is 129 cm³/mol. The third-order valence-corrected chi connectivity index (χ3v) is 5.53. The van der Waals surface area contributed by atoms with E-state index in [1.54, 1.807) is 6.07 Å². The molecular formula is C25H25F2N5O3. The minimum absolute atomic E-state index is 0.117. The van der Waals surface area contributed by atoms with Gasteiger partial charge in [0.2, 0.25) is 0 Å². The number of hydrogen-bond acceptors (Lipinski definition) is 6. The van der Waals surface area contributed by atoms with Gasteiger partial charge in [0.05, 0.1) is 36.6 Å². The number of ether oxygens (including phenoxy) is 2. The molecule has 0 aliphatic carbocycles. The van der Waals surface area contributed by atoms with Crippen LogP contribution in [0, 0.1) is 11.6 Å². The number of fused-ring (bicyclic) bond motifs is 1. The molecule has 2 aromatic carbocycles. The molecule has 0 bridgehead atoms. The van der Waals surface area contributed by atoms with Crippen molar-refractivity contribution in [2.24, 2.45) is 0 Å². The molecular weight excluding hydrogens is 456 g/mol. The van der Waals surface area contributed by atoms with Gasteiger partial charge in [0.15, 0.2) is 23.1 Å². The molecule has 35 heavy (non-hydrogen) atoms. The Balaban J connectivity index is 1.74. The summed E-state index contributed by atoms with van der Waals surface area (Å²) in [5, 5.41) is 2.85. The van der Waals surface area contributed by atoms with Crippen LogP contribution in [0.4, 0.5) is 14.5 Å². The normalized spacial score (nSPS) is 11.2. The zero-order valence-electron chi connectivity index (χ0n) is 19.8. The maximum Gasteiger partial charge on any atom is 0.257 e. The Hall–Kier alpha value is -4.05. The second-order valence-corrected chi connectivity index (χ2v) is 8.09.